The van der Waals surface area contributed by atoms with Gasteiger partial charge in [-0.15, -0.1) is 11.3 Å². The fourth-order valence-electron chi connectivity index (χ4n) is 3.46. The van der Waals surface area contributed by atoms with Gasteiger partial charge in [-0.05, 0) is 35.9 Å². The van der Waals surface area contributed by atoms with Gasteiger partial charge in [-0.1, -0.05) is 38.5 Å². The van der Waals surface area contributed by atoms with Crippen molar-refractivity contribution in [2.75, 3.05) is 13.2 Å². The Kier molecular flexibility index (Phi) is 7.94. The van der Waals surface area contributed by atoms with Crippen LogP contribution in [0, 0.1) is 5.92 Å². The highest BCUT2D eigenvalue weighted by molar-refractivity contribution is 7.09. The Hall–Kier alpha value is -3.53. The Morgan fingerprint density at radius 1 is 1.06 bits per heavy atom. The highest BCUT2D eigenvalue weighted by atomic mass is 32.1. The number of carbonyl (C=O) groups excluding carboxylic acids is 5. The lowest BCUT2D eigenvalue weighted by Crippen LogP contribution is -2.50. The smallest absolute Gasteiger partial charge is 0.330 e. The van der Waals surface area contributed by atoms with Crippen molar-refractivity contribution < 1.29 is 28.7 Å². The Bertz CT molecular complexity index is 1020. The average Bonchev–Trinajstić information content (AvgIpc) is 3.40. The van der Waals surface area contributed by atoms with E-state index < -0.39 is 48.3 Å². The summed E-state index contributed by atoms with van der Waals surface area (Å²) in [7, 11) is 0. The van der Waals surface area contributed by atoms with Crippen LogP contribution in [0.4, 0.5) is 4.79 Å². The van der Waals surface area contributed by atoms with E-state index >= 15 is 0 Å². The van der Waals surface area contributed by atoms with E-state index in [-0.39, 0.29) is 11.1 Å². The van der Waals surface area contributed by atoms with Crippen molar-refractivity contribution in [3.63, 3.8) is 0 Å². The summed E-state index contributed by atoms with van der Waals surface area (Å²) >= 11 is 1.57. The second-order valence-corrected chi connectivity index (χ2v) is 8.63. The fraction of sp³-hybridized carbons (Fsp3) is 0.348. The van der Waals surface area contributed by atoms with Crippen molar-refractivity contribution in [3.8, 4) is 0 Å². The first-order valence-electron chi connectivity index (χ1n) is 10.6. The number of urea groups is 1. The van der Waals surface area contributed by atoms with Crippen molar-refractivity contribution >= 4 is 41.1 Å². The zero-order valence-electron chi connectivity index (χ0n) is 18.3. The Labute approximate surface area is 195 Å². The zero-order chi connectivity index (χ0) is 24.0. The van der Waals surface area contributed by atoms with E-state index in [4.69, 9.17) is 4.74 Å². The third-order valence-electron chi connectivity index (χ3n) is 5.36. The van der Waals surface area contributed by atoms with Gasteiger partial charge < -0.3 is 10.1 Å². The number of thiophene rings is 1. The van der Waals surface area contributed by atoms with Crippen LogP contribution in [0.15, 0.2) is 41.8 Å². The molecule has 2 heterocycles. The number of amides is 5. The van der Waals surface area contributed by atoms with Gasteiger partial charge in [0.15, 0.2) is 6.61 Å². The molecule has 1 aromatic heterocycles. The van der Waals surface area contributed by atoms with Crippen molar-refractivity contribution in [1.29, 1.82) is 0 Å². The van der Waals surface area contributed by atoms with Gasteiger partial charge in [0.05, 0.1) is 11.1 Å². The van der Waals surface area contributed by atoms with Crippen LogP contribution in [-0.2, 0) is 20.7 Å². The first kappa shape index (κ1) is 24.1. The van der Waals surface area contributed by atoms with E-state index in [1.165, 1.54) is 12.1 Å². The number of hydrogen-bond acceptors (Lipinski definition) is 7. The van der Waals surface area contributed by atoms with Gasteiger partial charge in [-0.3, -0.25) is 24.6 Å². The third-order valence-corrected chi connectivity index (χ3v) is 6.30. The summed E-state index contributed by atoms with van der Waals surface area (Å²) in [5.74, 6) is -3.25. The summed E-state index contributed by atoms with van der Waals surface area (Å²) in [5, 5.41) is 6.57. The van der Waals surface area contributed by atoms with Gasteiger partial charge in [0, 0.05) is 11.4 Å². The van der Waals surface area contributed by atoms with E-state index in [0.717, 1.165) is 9.78 Å². The summed E-state index contributed by atoms with van der Waals surface area (Å²) < 4.78 is 5.09. The number of hydrogen-bond donors (Lipinski definition) is 2. The Morgan fingerprint density at radius 3 is 2.30 bits per heavy atom. The summed E-state index contributed by atoms with van der Waals surface area (Å²) in [5.41, 5.74) is 0.445. The molecular formula is C23H25N3O6S. The van der Waals surface area contributed by atoms with Gasteiger partial charge in [0.25, 0.3) is 17.7 Å². The molecule has 2 aromatic rings. The van der Waals surface area contributed by atoms with Crippen LogP contribution in [0.1, 0.15) is 45.9 Å². The lowest BCUT2D eigenvalue weighted by atomic mass is 9.97. The molecule has 0 bridgehead atoms. The summed E-state index contributed by atoms with van der Waals surface area (Å²) in [6.45, 7) is 3.16. The van der Waals surface area contributed by atoms with Crippen LogP contribution in [0.5, 0.6) is 0 Å². The van der Waals surface area contributed by atoms with E-state index in [0.29, 0.717) is 19.4 Å². The molecule has 9 nitrogen and oxygen atoms in total. The summed E-state index contributed by atoms with van der Waals surface area (Å²) in [6, 6.07) is 8.29. The van der Waals surface area contributed by atoms with E-state index in [9.17, 15) is 24.0 Å². The molecule has 1 aromatic carbocycles. The molecular weight excluding hydrogens is 446 g/mol. The number of nitrogens with one attached hydrogen (secondary N) is 2. The second-order valence-electron chi connectivity index (χ2n) is 7.60. The number of carbonyl (C=O) groups is 5. The standard InChI is InChI=1S/C23H25N3O6S/c1-3-14(2)19(26-20(28)16-8-4-5-9-17(16)21(26)29)22(30)32-13-18(27)25-23(31)24-11-10-15-7-6-12-33-15/h4-9,12,14,19H,3,10-11,13H2,1-2H3,(H2,24,25,27,31). The van der Waals surface area contributed by atoms with Crippen molar-refractivity contribution in [3.05, 3.63) is 57.8 Å². The number of benzene rings is 1. The topological polar surface area (TPSA) is 122 Å². The predicted octanol–water partition coefficient (Wildman–Crippen LogP) is 2.37. The van der Waals surface area contributed by atoms with Crippen LogP contribution in [0.25, 0.3) is 0 Å². The van der Waals surface area contributed by atoms with Crippen molar-refractivity contribution in [2.24, 2.45) is 5.92 Å². The van der Waals surface area contributed by atoms with Crippen molar-refractivity contribution in [1.82, 2.24) is 15.5 Å². The maximum absolute atomic E-state index is 12.8. The molecule has 2 unspecified atom stereocenters. The number of fused-ring (bicyclic) bond motifs is 1. The van der Waals surface area contributed by atoms with Crippen LogP contribution in [0.2, 0.25) is 0 Å². The molecule has 0 saturated heterocycles. The number of ether oxygens (including phenoxy) is 1. The molecule has 1 aliphatic heterocycles. The lowest BCUT2D eigenvalue weighted by molar-refractivity contribution is -0.153. The predicted molar refractivity (Wildman–Crippen MR) is 121 cm³/mol. The first-order chi connectivity index (χ1) is 15.8. The summed E-state index contributed by atoms with van der Waals surface area (Å²) in [6.07, 6.45) is 1.12. The molecule has 5 amide bonds. The van der Waals surface area contributed by atoms with Crippen LogP contribution < -0.4 is 10.6 Å². The molecule has 2 atom stereocenters. The van der Waals surface area contributed by atoms with Gasteiger partial charge in [-0.2, -0.15) is 0 Å². The molecule has 0 saturated carbocycles. The van der Waals surface area contributed by atoms with E-state index in [2.05, 4.69) is 10.6 Å². The van der Waals surface area contributed by atoms with Crippen LogP contribution in [0.3, 0.4) is 0 Å². The molecule has 0 aliphatic carbocycles. The minimum Gasteiger partial charge on any atom is -0.454 e. The molecule has 174 valence electrons. The fourth-order valence-corrected chi connectivity index (χ4v) is 4.17. The number of esters is 1. The lowest BCUT2D eigenvalue weighted by Gasteiger charge is -2.28. The number of nitrogens with zero attached hydrogens (tertiary/aromatic N) is 1. The zero-order valence-corrected chi connectivity index (χ0v) is 19.1. The second kappa shape index (κ2) is 10.9. The minimum absolute atomic E-state index is 0.223. The Balaban J connectivity index is 1.55. The maximum atomic E-state index is 12.8. The quantitative estimate of drug-likeness (QED) is 0.428. The molecule has 33 heavy (non-hydrogen) atoms. The number of imide groups is 2. The largest absolute Gasteiger partial charge is 0.454 e. The third kappa shape index (κ3) is 5.64. The van der Waals surface area contributed by atoms with Crippen molar-refractivity contribution in [2.45, 2.75) is 32.7 Å². The monoisotopic (exact) mass is 471 g/mol. The highest BCUT2D eigenvalue weighted by Crippen LogP contribution is 2.28. The minimum atomic E-state index is -1.19. The molecule has 1 aliphatic rings. The molecule has 3 rings (SSSR count). The molecule has 2 N–H and O–H groups in total. The molecule has 10 heteroatoms. The van der Waals surface area contributed by atoms with Gasteiger partial charge >= 0.3 is 12.0 Å². The average molecular weight is 472 g/mol. The normalized spacial score (nSPS) is 14.4. The Morgan fingerprint density at radius 2 is 1.73 bits per heavy atom. The highest BCUT2D eigenvalue weighted by Gasteiger charge is 2.45. The molecule has 0 spiro atoms. The summed E-state index contributed by atoms with van der Waals surface area (Å²) in [4.78, 5) is 64.3. The number of rotatable bonds is 9. The molecule has 0 fully saturated rings. The van der Waals surface area contributed by atoms with E-state index in [1.54, 1.807) is 30.4 Å². The SMILES string of the molecule is CCC(C)C(C(=O)OCC(=O)NC(=O)NCCc1cccs1)N1C(=O)c2ccccc2C1=O. The van der Waals surface area contributed by atoms with Crippen LogP contribution >= 0.6 is 11.3 Å². The van der Waals surface area contributed by atoms with Crippen LogP contribution in [-0.4, -0.2) is 53.8 Å². The van der Waals surface area contributed by atoms with Gasteiger partial charge in [-0.25, -0.2) is 9.59 Å². The molecule has 0 radical (unpaired) electrons. The van der Waals surface area contributed by atoms with Gasteiger partial charge in [0.1, 0.15) is 6.04 Å². The maximum Gasteiger partial charge on any atom is 0.330 e. The van der Waals surface area contributed by atoms with Gasteiger partial charge in [0.2, 0.25) is 0 Å². The van der Waals surface area contributed by atoms with E-state index in [1.807, 2.05) is 24.4 Å². The first-order valence-corrected chi connectivity index (χ1v) is 11.4.